The maximum Gasteiger partial charge on any atom is 0.238 e. The molecule has 3 heterocycles. The molecule has 5 nitrogen and oxygen atoms in total. The first-order chi connectivity index (χ1) is 19.4. The predicted octanol–water partition coefficient (Wildman–Crippen LogP) is 6.07. The molecule has 196 valence electrons. The highest BCUT2D eigenvalue weighted by molar-refractivity contribution is 6.18. The lowest BCUT2D eigenvalue weighted by Crippen LogP contribution is -2.51. The second-order valence-corrected chi connectivity index (χ2v) is 10.6. The van der Waals surface area contributed by atoms with E-state index in [2.05, 4.69) is 5.32 Å². The molecule has 4 atom stereocenters. The van der Waals surface area contributed by atoms with Gasteiger partial charge in [-0.25, -0.2) is 4.39 Å². The minimum atomic E-state index is -1.47. The van der Waals surface area contributed by atoms with Crippen molar-refractivity contribution in [3.8, 4) is 0 Å². The molecule has 1 spiro atoms. The number of nitrogens with zero attached hydrogens (tertiary/aromatic N) is 1. The van der Waals surface area contributed by atoms with Gasteiger partial charge in [0.2, 0.25) is 5.91 Å². The van der Waals surface area contributed by atoms with Crippen LogP contribution in [0.1, 0.15) is 38.8 Å². The Labute approximate surface area is 231 Å². The third-order valence-corrected chi connectivity index (χ3v) is 8.63. The first-order valence-electron chi connectivity index (χ1n) is 13.3. The number of halogens is 1. The molecule has 1 saturated heterocycles. The fourth-order valence-corrected chi connectivity index (χ4v) is 6.99. The summed E-state index contributed by atoms with van der Waals surface area (Å²) in [6.07, 6.45) is 1.99. The molecule has 0 radical (unpaired) electrons. The molecular formula is C34H25FN2O3. The fourth-order valence-electron chi connectivity index (χ4n) is 6.99. The maximum atomic E-state index is 15.3. The van der Waals surface area contributed by atoms with Gasteiger partial charge in [0.1, 0.15) is 17.3 Å². The molecule has 0 unspecified atom stereocenters. The van der Waals surface area contributed by atoms with Crippen molar-refractivity contribution in [3.63, 3.8) is 0 Å². The first kappa shape index (κ1) is 24.2. The number of nitrogens with one attached hydrogen (secondary N) is 1. The quantitative estimate of drug-likeness (QED) is 0.327. The summed E-state index contributed by atoms with van der Waals surface area (Å²) in [5, 5.41) is 3.00. The van der Waals surface area contributed by atoms with Gasteiger partial charge in [-0.2, -0.15) is 0 Å². The molecule has 1 fully saturated rings. The summed E-state index contributed by atoms with van der Waals surface area (Å²) in [6.45, 7) is 1.97. The number of fused-ring (bicyclic) bond motifs is 6. The highest BCUT2D eigenvalue weighted by Crippen LogP contribution is 2.58. The topological polar surface area (TPSA) is 66.5 Å². The second kappa shape index (κ2) is 8.85. The normalized spacial score (nSPS) is 24.1. The lowest BCUT2D eigenvalue weighted by molar-refractivity contribution is -0.121. The number of carbonyl (C=O) groups excluding carboxylic acids is 3. The van der Waals surface area contributed by atoms with Crippen molar-refractivity contribution in [2.75, 3.05) is 10.2 Å². The molecule has 0 aromatic heterocycles. The lowest BCUT2D eigenvalue weighted by atomic mass is 9.64. The number of benzene rings is 4. The van der Waals surface area contributed by atoms with E-state index < -0.39 is 35.0 Å². The number of anilines is 2. The third-order valence-electron chi connectivity index (χ3n) is 8.63. The highest BCUT2D eigenvalue weighted by Gasteiger charge is 2.70. The van der Waals surface area contributed by atoms with Crippen LogP contribution < -0.4 is 10.2 Å². The summed E-state index contributed by atoms with van der Waals surface area (Å²) in [5.74, 6) is -3.13. The van der Waals surface area contributed by atoms with Gasteiger partial charge in [-0.3, -0.25) is 14.4 Å². The van der Waals surface area contributed by atoms with E-state index in [1.54, 1.807) is 36.4 Å². The van der Waals surface area contributed by atoms with Crippen LogP contribution in [0.3, 0.4) is 0 Å². The van der Waals surface area contributed by atoms with E-state index in [1.807, 2.05) is 66.4 Å². The van der Waals surface area contributed by atoms with Gasteiger partial charge in [-0.05, 0) is 42.3 Å². The van der Waals surface area contributed by atoms with E-state index in [1.165, 1.54) is 18.2 Å². The van der Waals surface area contributed by atoms with Gasteiger partial charge in [0.15, 0.2) is 11.6 Å². The van der Waals surface area contributed by atoms with Gasteiger partial charge in [-0.15, -0.1) is 0 Å². The van der Waals surface area contributed by atoms with E-state index >= 15 is 4.39 Å². The molecular weight excluding hydrogens is 503 g/mol. The standard InChI is InChI=1S/C34H25FN2O3/c1-20-19-28-34(24-15-7-9-17-26(24)36-33(34)40)29(32(39)23-14-5-8-16-25(23)35)30(31(38)21-11-3-2-4-12-21)37(28)27-18-10-6-13-22(20)27/h2-19,28-30H,1H3,(H,36,40)/t28-,29-,30+,34+/m0/s1. The largest absolute Gasteiger partial charge is 0.352 e. The van der Waals surface area contributed by atoms with Crippen molar-refractivity contribution in [2.24, 2.45) is 5.92 Å². The highest BCUT2D eigenvalue weighted by atomic mass is 19.1. The van der Waals surface area contributed by atoms with Crippen LogP contribution in [0.15, 0.2) is 109 Å². The third kappa shape index (κ3) is 3.16. The minimum Gasteiger partial charge on any atom is -0.352 e. The molecule has 40 heavy (non-hydrogen) atoms. The Kier molecular flexibility index (Phi) is 5.36. The molecule has 4 aromatic carbocycles. The van der Waals surface area contributed by atoms with Crippen molar-refractivity contribution in [2.45, 2.75) is 24.4 Å². The van der Waals surface area contributed by atoms with Crippen LogP contribution in [-0.4, -0.2) is 29.6 Å². The Bertz CT molecular complexity index is 1750. The number of allylic oxidation sites excluding steroid dienone is 1. The van der Waals surface area contributed by atoms with Crippen molar-refractivity contribution in [3.05, 3.63) is 137 Å². The molecule has 3 aliphatic rings. The van der Waals surface area contributed by atoms with Crippen molar-refractivity contribution < 1.29 is 18.8 Å². The zero-order valence-electron chi connectivity index (χ0n) is 21.7. The number of carbonyl (C=O) groups is 3. The average molecular weight is 529 g/mol. The SMILES string of the molecule is CC1=C[C@@H]2N(c3ccccc31)[C@@H](C(=O)c1ccccc1)[C@@H](C(=O)c1ccccc1F)[C@]21C(=O)Nc2ccccc21. The maximum absolute atomic E-state index is 15.3. The number of rotatable bonds is 4. The zero-order chi connectivity index (χ0) is 27.6. The summed E-state index contributed by atoms with van der Waals surface area (Å²) in [7, 11) is 0. The Morgan fingerprint density at radius 2 is 1.50 bits per heavy atom. The summed E-state index contributed by atoms with van der Waals surface area (Å²) >= 11 is 0. The molecule has 0 aliphatic carbocycles. The summed E-state index contributed by atoms with van der Waals surface area (Å²) in [5.41, 5.74) is 2.67. The van der Waals surface area contributed by atoms with Gasteiger partial charge in [0, 0.05) is 22.5 Å². The molecule has 4 aromatic rings. The Hall–Kier alpha value is -4.84. The number of para-hydroxylation sites is 2. The smallest absolute Gasteiger partial charge is 0.238 e. The van der Waals surface area contributed by atoms with Crippen LogP contribution in [0.5, 0.6) is 0 Å². The average Bonchev–Trinajstić information content (AvgIpc) is 3.45. The number of ketones is 2. The fraction of sp³-hybridized carbons (Fsp3) is 0.147. The lowest BCUT2D eigenvalue weighted by Gasteiger charge is -2.39. The van der Waals surface area contributed by atoms with Crippen LogP contribution in [-0.2, 0) is 10.2 Å². The van der Waals surface area contributed by atoms with Crippen LogP contribution in [0, 0.1) is 11.7 Å². The Morgan fingerprint density at radius 3 is 2.30 bits per heavy atom. The van der Waals surface area contributed by atoms with E-state index in [0.29, 0.717) is 16.8 Å². The zero-order valence-corrected chi connectivity index (χ0v) is 21.7. The van der Waals surface area contributed by atoms with E-state index in [9.17, 15) is 14.4 Å². The number of Topliss-reactive ketones (excluding diaryl/α,β-unsaturated/α-hetero) is 2. The van der Waals surface area contributed by atoms with Crippen LogP contribution in [0.4, 0.5) is 15.8 Å². The summed E-state index contributed by atoms with van der Waals surface area (Å²) < 4.78 is 15.3. The second-order valence-electron chi connectivity index (χ2n) is 10.6. The first-order valence-corrected chi connectivity index (χ1v) is 13.3. The molecule has 0 bridgehead atoms. The Morgan fingerprint density at radius 1 is 0.825 bits per heavy atom. The molecule has 7 rings (SSSR count). The van der Waals surface area contributed by atoms with Crippen molar-refractivity contribution >= 4 is 34.4 Å². The van der Waals surface area contributed by atoms with Gasteiger partial charge >= 0.3 is 0 Å². The van der Waals surface area contributed by atoms with Gasteiger partial charge in [-0.1, -0.05) is 84.9 Å². The predicted molar refractivity (Wildman–Crippen MR) is 152 cm³/mol. The van der Waals surface area contributed by atoms with Crippen LogP contribution in [0.25, 0.3) is 5.57 Å². The van der Waals surface area contributed by atoms with E-state index in [-0.39, 0.29) is 17.3 Å². The van der Waals surface area contributed by atoms with Gasteiger partial charge in [0.25, 0.3) is 0 Å². The van der Waals surface area contributed by atoms with Crippen LogP contribution in [0.2, 0.25) is 0 Å². The molecule has 6 heteroatoms. The molecule has 1 N–H and O–H groups in total. The summed E-state index contributed by atoms with van der Waals surface area (Å²) in [6, 6.07) is 27.9. The Balaban J connectivity index is 1.57. The van der Waals surface area contributed by atoms with Crippen molar-refractivity contribution in [1.29, 1.82) is 0 Å². The van der Waals surface area contributed by atoms with E-state index in [4.69, 9.17) is 0 Å². The van der Waals surface area contributed by atoms with Gasteiger partial charge < -0.3 is 10.2 Å². The number of hydrogen-bond acceptors (Lipinski definition) is 4. The van der Waals surface area contributed by atoms with Gasteiger partial charge in [0.05, 0.1) is 17.5 Å². The van der Waals surface area contributed by atoms with Crippen molar-refractivity contribution in [1.82, 2.24) is 0 Å². The van der Waals surface area contributed by atoms with Crippen LogP contribution >= 0.6 is 0 Å². The molecule has 1 amide bonds. The molecule has 0 saturated carbocycles. The summed E-state index contributed by atoms with van der Waals surface area (Å²) in [4.78, 5) is 45.5. The number of amides is 1. The minimum absolute atomic E-state index is 0.135. The molecule has 3 aliphatic heterocycles. The monoisotopic (exact) mass is 528 g/mol. The number of hydrogen-bond donors (Lipinski definition) is 1. The van der Waals surface area contributed by atoms with E-state index in [0.717, 1.165) is 16.8 Å².